The summed E-state index contributed by atoms with van der Waals surface area (Å²) in [6.45, 7) is 4.68. The van der Waals surface area contributed by atoms with Crippen molar-refractivity contribution < 1.29 is 14.6 Å². The molecule has 4 nitrogen and oxygen atoms in total. The average Bonchev–Trinajstić information content (AvgIpc) is 3.08. The van der Waals surface area contributed by atoms with Gasteiger partial charge in [-0.3, -0.25) is 4.79 Å². The molecule has 1 aromatic carbocycles. The van der Waals surface area contributed by atoms with Crippen molar-refractivity contribution in [2.45, 2.75) is 38.7 Å². The number of aliphatic hydroxyl groups is 1. The smallest absolute Gasteiger partial charge is 0.251 e. The zero-order chi connectivity index (χ0) is 17.4. The first kappa shape index (κ1) is 18.5. The lowest BCUT2D eigenvalue weighted by molar-refractivity contribution is 0.0952. The van der Waals surface area contributed by atoms with Crippen molar-refractivity contribution >= 4 is 17.2 Å². The number of nitrogens with one attached hydrogen (secondary N) is 1. The van der Waals surface area contributed by atoms with E-state index < -0.39 is 0 Å². The predicted molar refractivity (Wildman–Crippen MR) is 97.9 cm³/mol. The Hall–Kier alpha value is -1.85. The van der Waals surface area contributed by atoms with Gasteiger partial charge in [0.2, 0.25) is 0 Å². The molecule has 1 amide bonds. The molecule has 0 spiro atoms. The monoisotopic (exact) mass is 347 g/mol. The molecule has 24 heavy (non-hydrogen) atoms. The summed E-state index contributed by atoms with van der Waals surface area (Å²) in [6, 6.07) is 9.26. The minimum atomic E-state index is -0.0841. The second kappa shape index (κ2) is 9.45. The Bertz CT molecular complexity index is 608. The van der Waals surface area contributed by atoms with E-state index in [2.05, 4.69) is 16.8 Å². The first-order chi connectivity index (χ1) is 11.6. The fourth-order valence-electron chi connectivity index (χ4n) is 2.56. The molecule has 0 saturated carbocycles. The van der Waals surface area contributed by atoms with E-state index in [1.807, 2.05) is 31.4 Å². The first-order valence-corrected chi connectivity index (χ1v) is 9.22. The Morgan fingerprint density at radius 3 is 2.54 bits per heavy atom. The van der Waals surface area contributed by atoms with E-state index in [4.69, 9.17) is 4.74 Å². The molecule has 0 aliphatic carbocycles. The third-order valence-corrected chi connectivity index (χ3v) is 4.46. The summed E-state index contributed by atoms with van der Waals surface area (Å²) in [5.41, 5.74) is 1.86. The van der Waals surface area contributed by atoms with Crippen LogP contribution < -0.4 is 10.1 Å². The van der Waals surface area contributed by atoms with Gasteiger partial charge < -0.3 is 15.2 Å². The number of carbonyl (C=O) groups excluding carboxylic acids is 1. The van der Waals surface area contributed by atoms with Crippen LogP contribution in [0.25, 0.3) is 0 Å². The topological polar surface area (TPSA) is 58.6 Å². The SMILES string of the molecule is CC(C)Oc1ccc(C(=O)NCC[C@@H](CCO)c2ccsc2)cc1. The van der Waals surface area contributed by atoms with Crippen molar-refractivity contribution in [3.63, 3.8) is 0 Å². The summed E-state index contributed by atoms with van der Waals surface area (Å²) < 4.78 is 5.58. The van der Waals surface area contributed by atoms with Crippen molar-refractivity contribution in [1.82, 2.24) is 5.32 Å². The number of hydrogen-bond acceptors (Lipinski definition) is 4. The van der Waals surface area contributed by atoms with Gasteiger partial charge in [0.1, 0.15) is 5.75 Å². The standard InChI is InChI=1S/C19H25NO3S/c1-14(2)23-18-5-3-16(4-6-18)19(22)20-10-7-15(8-11-21)17-9-12-24-13-17/h3-6,9,12-15,21H,7-8,10-11H2,1-2H3,(H,20,22)/t15-/m0/s1. The molecule has 1 aromatic heterocycles. The maximum absolute atomic E-state index is 12.2. The molecule has 130 valence electrons. The molecule has 5 heteroatoms. The number of carbonyl (C=O) groups is 1. The molecule has 2 N–H and O–H groups in total. The molecule has 0 radical (unpaired) electrons. The molecule has 0 bridgehead atoms. The van der Waals surface area contributed by atoms with Crippen LogP contribution >= 0.6 is 11.3 Å². The van der Waals surface area contributed by atoms with Crippen molar-refractivity contribution in [3.05, 3.63) is 52.2 Å². The highest BCUT2D eigenvalue weighted by atomic mass is 32.1. The maximum atomic E-state index is 12.2. The summed E-state index contributed by atoms with van der Waals surface area (Å²) in [6.07, 6.45) is 1.65. The Kier molecular flexibility index (Phi) is 7.28. The predicted octanol–water partition coefficient (Wildman–Crippen LogP) is 3.82. The third-order valence-electron chi connectivity index (χ3n) is 3.76. The highest BCUT2D eigenvalue weighted by Gasteiger charge is 2.12. The van der Waals surface area contributed by atoms with Crippen LogP contribution in [0.2, 0.25) is 0 Å². The van der Waals surface area contributed by atoms with Gasteiger partial charge in [-0.2, -0.15) is 11.3 Å². The van der Waals surface area contributed by atoms with Crippen LogP contribution in [0.15, 0.2) is 41.1 Å². The molecule has 0 unspecified atom stereocenters. The van der Waals surface area contributed by atoms with Gasteiger partial charge in [-0.15, -0.1) is 0 Å². The van der Waals surface area contributed by atoms with E-state index in [1.54, 1.807) is 23.5 Å². The largest absolute Gasteiger partial charge is 0.491 e. The fraction of sp³-hybridized carbons (Fsp3) is 0.421. The van der Waals surface area contributed by atoms with Gasteiger partial charge in [0.15, 0.2) is 0 Å². The molecule has 2 rings (SSSR count). The number of thiophene rings is 1. The van der Waals surface area contributed by atoms with Crippen LogP contribution in [0, 0.1) is 0 Å². The molecule has 0 aliphatic rings. The highest BCUT2D eigenvalue weighted by molar-refractivity contribution is 7.07. The third kappa shape index (κ3) is 5.65. The normalized spacial score (nSPS) is 12.2. The summed E-state index contributed by atoms with van der Waals surface area (Å²) >= 11 is 1.65. The second-order valence-corrected chi connectivity index (χ2v) is 6.78. The summed E-state index contributed by atoms with van der Waals surface area (Å²) in [4.78, 5) is 12.2. The summed E-state index contributed by atoms with van der Waals surface area (Å²) in [7, 11) is 0. The fourth-order valence-corrected chi connectivity index (χ4v) is 3.30. The molecule has 0 aliphatic heterocycles. The highest BCUT2D eigenvalue weighted by Crippen LogP contribution is 2.24. The number of rotatable bonds is 9. The number of hydrogen-bond donors (Lipinski definition) is 2. The quantitative estimate of drug-likeness (QED) is 0.725. The van der Waals surface area contributed by atoms with Gasteiger partial charge in [-0.25, -0.2) is 0 Å². The van der Waals surface area contributed by atoms with Gasteiger partial charge in [-0.1, -0.05) is 0 Å². The number of aliphatic hydroxyl groups excluding tert-OH is 1. The second-order valence-electron chi connectivity index (χ2n) is 6.00. The van der Waals surface area contributed by atoms with E-state index in [-0.39, 0.29) is 24.5 Å². The molecular weight excluding hydrogens is 322 g/mol. The molecular formula is C19H25NO3S. The Balaban J connectivity index is 1.83. The van der Waals surface area contributed by atoms with Crippen LogP contribution in [0.3, 0.4) is 0 Å². The van der Waals surface area contributed by atoms with E-state index >= 15 is 0 Å². The van der Waals surface area contributed by atoms with E-state index in [0.717, 1.165) is 12.2 Å². The van der Waals surface area contributed by atoms with Crippen LogP contribution in [-0.2, 0) is 0 Å². The Labute approximate surface area is 147 Å². The minimum Gasteiger partial charge on any atom is -0.491 e. The number of ether oxygens (including phenoxy) is 1. The van der Waals surface area contributed by atoms with Gasteiger partial charge in [0.05, 0.1) is 6.10 Å². The lowest BCUT2D eigenvalue weighted by atomic mass is 9.95. The number of benzene rings is 1. The van der Waals surface area contributed by atoms with Gasteiger partial charge in [-0.05, 0) is 79.3 Å². The van der Waals surface area contributed by atoms with Crippen LogP contribution in [0.5, 0.6) is 5.75 Å². The van der Waals surface area contributed by atoms with Crippen molar-refractivity contribution in [2.75, 3.05) is 13.2 Å². The number of amides is 1. The van der Waals surface area contributed by atoms with E-state index in [0.29, 0.717) is 18.5 Å². The molecule has 0 saturated heterocycles. The maximum Gasteiger partial charge on any atom is 0.251 e. The minimum absolute atomic E-state index is 0.0841. The van der Waals surface area contributed by atoms with Crippen molar-refractivity contribution in [3.8, 4) is 5.75 Å². The van der Waals surface area contributed by atoms with Crippen LogP contribution in [0.4, 0.5) is 0 Å². The van der Waals surface area contributed by atoms with Crippen molar-refractivity contribution in [1.29, 1.82) is 0 Å². The van der Waals surface area contributed by atoms with Crippen molar-refractivity contribution in [2.24, 2.45) is 0 Å². The summed E-state index contributed by atoms with van der Waals surface area (Å²) in [5.74, 6) is 0.963. The Morgan fingerprint density at radius 1 is 1.21 bits per heavy atom. The Morgan fingerprint density at radius 2 is 1.96 bits per heavy atom. The molecule has 1 atom stereocenters. The van der Waals surface area contributed by atoms with Gasteiger partial charge in [0.25, 0.3) is 5.91 Å². The lowest BCUT2D eigenvalue weighted by Gasteiger charge is -2.15. The lowest BCUT2D eigenvalue weighted by Crippen LogP contribution is -2.25. The van der Waals surface area contributed by atoms with Crippen LogP contribution in [0.1, 0.15) is 48.5 Å². The van der Waals surface area contributed by atoms with Gasteiger partial charge in [0, 0.05) is 18.7 Å². The summed E-state index contributed by atoms with van der Waals surface area (Å²) in [5, 5.41) is 16.3. The average molecular weight is 347 g/mol. The molecule has 2 aromatic rings. The van der Waals surface area contributed by atoms with Gasteiger partial charge >= 0.3 is 0 Å². The van der Waals surface area contributed by atoms with E-state index in [1.165, 1.54) is 5.56 Å². The zero-order valence-electron chi connectivity index (χ0n) is 14.2. The van der Waals surface area contributed by atoms with Crippen LogP contribution in [-0.4, -0.2) is 30.3 Å². The first-order valence-electron chi connectivity index (χ1n) is 8.28. The molecule has 1 heterocycles. The van der Waals surface area contributed by atoms with E-state index in [9.17, 15) is 9.90 Å². The molecule has 0 fully saturated rings. The zero-order valence-corrected chi connectivity index (χ0v) is 15.0.